The first kappa shape index (κ1) is 9.05. The summed E-state index contributed by atoms with van der Waals surface area (Å²) in [5.41, 5.74) is 1.37. The van der Waals surface area contributed by atoms with Gasteiger partial charge in [-0.15, -0.1) is 11.4 Å². The lowest BCUT2D eigenvalue weighted by Gasteiger charge is -2.29. The van der Waals surface area contributed by atoms with Crippen LogP contribution < -0.4 is 0 Å². The monoisotopic (exact) mass is 202 g/mol. The van der Waals surface area contributed by atoms with Crippen LogP contribution in [0.3, 0.4) is 0 Å². The van der Waals surface area contributed by atoms with Gasteiger partial charge >= 0.3 is 0 Å². The first-order valence-corrected chi connectivity index (χ1v) is 7.00. The van der Waals surface area contributed by atoms with Crippen LogP contribution >= 0.6 is 19.4 Å². The highest BCUT2D eigenvalue weighted by atomic mass is 32.7. The molecule has 1 saturated heterocycles. The standard InChI is InChI=1S/C9H15OPS/c1-6(2)7-3-4-8-9(5-7)12-11-10-8/h7-9,11H,1,3-5H2,2H3. The summed E-state index contributed by atoms with van der Waals surface area (Å²) in [6.07, 6.45) is 4.42. The van der Waals surface area contributed by atoms with Crippen LogP contribution in [0.1, 0.15) is 26.2 Å². The molecule has 2 rings (SSSR count). The SMILES string of the molecule is C=C(C)C1CCC2OPSC2C1. The summed E-state index contributed by atoms with van der Waals surface area (Å²) in [4.78, 5) is 0. The molecule has 3 heteroatoms. The highest BCUT2D eigenvalue weighted by Crippen LogP contribution is 2.52. The molecular formula is C9H15OPS. The molecule has 2 aliphatic rings. The third-order valence-electron chi connectivity index (χ3n) is 2.83. The Labute approximate surface area is 79.9 Å². The first-order valence-electron chi connectivity index (χ1n) is 4.49. The highest BCUT2D eigenvalue weighted by molar-refractivity contribution is 8.48. The topological polar surface area (TPSA) is 9.23 Å². The van der Waals surface area contributed by atoms with Crippen molar-refractivity contribution in [3.05, 3.63) is 12.2 Å². The van der Waals surface area contributed by atoms with Gasteiger partial charge in [-0.05, 0) is 32.1 Å². The minimum Gasteiger partial charge on any atom is -0.347 e. The molecule has 12 heavy (non-hydrogen) atoms. The average Bonchev–Trinajstić information content (AvgIpc) is 2.49. The fourth-order valence-electron chi connectivity index (χ4n) is 1.96. The molecule has 1 nitrogen and oxygen atoms in total. The Morgan fingerprint density at radius 2 is 2.42 bits per heavy atom. The van der Waals surface area contributed by atoms with Gasteiger partial charge in [-0.25, -0.2) is 0 Å². The second kappa shape index (κ2) is 3.69. The summed E-state index contributed by atoms with van der Waals surface area (Å²) in [6.45, 7) is 6.21. The van der Waals surface area contributed by atoms with Crippen molar-refractivity contribution in [2.75, 3.05) is 0 Å². The predicted octanol–water partition coefficient (Wildman–Crippen LogP) is 3.37. The fraction of sp³-hybridized carbons (Fsp3) is 0.778. The van der Waals surface area contributed by atoms with E-state index in [1.807, 2.05) is 11.4 Å². The largest absolute Gasteiger partial charge is 0.347 e. The van der Waals surface area contributed by atoms with E-state index in [-0.39, 0.29) is 0 Å². The van der Waals surface area contributed by atoms with Gasteiger partial charge < -0.3 is 4.52 Å². The maximum absolute atomic E-state index is 5.65. The van der Waals surface area contributed by atoms with Gasteiger partial charge in [0.25, 0.3) is 0 Å². The Kier molecular flexibility index (Phi) is 2.78. The van der Waals surface area contributed by atoms with Gasteiger partial charge in [0.05, 0.1) is 14.1 Å². The van der Waals surface area contributed by atoms with Crippen molar-refractivity contribution >= 4 is 19.4 Å². The van der Waals surface area contributed by atoms with E-state index < -0.39 is 0 Å². The summed E-state index contributed by atoms with van der Waals surface area (Å²) in [7, 11) is 0.693. The Balaban J connectivity index is 1.96. The van der Waals surface area contributed by atoms with Crippen molar-refractivity contribution in [2.45, 2.75) is 37.5 Å². The van der Waals surface area contributed by atoms with Crippen LogP contribution in [0.4, 0.5) is 0 Å². The van der Waals surface area contributed by atoms with Gasteiger partial charge in [-0.2, -0.15) is 0 Å². The molecule has 0 amide bonds. The molecule has 0 spiro atoms. The predicted molar refractivity (Wildman–Crippen MR) is 56.7 cm³/mol. The zero-order valence-electron chi connectivity index (χ0n) is 7.38. The molecular weight excluding hydrogens is 187 g/mol. The quantitative estimate of drug-likeness (QED) is 0.476. The third kappa shape index (κ3) is 1.71. The number of fused-ring (bicyclic) bond motifs is 1. The maximum atomic E-state index is 5.65. The molecule has 68 valence electrons. The van der Waals surface area contributed by atoms with Gasteiger partial charge in [-0.3, -0.25) is 0 Å². The second-order valence-corrected chi connectivity index (χ2v) is 6.20. The van der Waals surface area contributed by atoms with E-state index in [1.165, 1.54) is 24.8 Å². The van der Waals surface area contributed by atoms with Crippen LogP contribution in [-0.4, -0.2) is 11.4 Å². The summed E-state index contributed by atoms with van der Waals surface area (Å²) >= 11 is 2.01. The molecule has 1 saturated carbocycles. The van der Waals surface area contributed by atoms with Crippen LogP contribution in [0.2, 0.25) is 0 Å². The van der Waals surface area contributed by atoms with Crippen LogP contribution in [-0.2, 0) is 4.52 Å². The minimum atomic E-state index is 0.573. The van der Waals surface area contributed by atoms with E-state index in [4.69, 9.17) is 4.52 Å². The Bertz CT molecular complexity index is 195. The van der Waals surface area contributed by atoms with Crippen LogP contribution in [0.25, 0.3) is 0 Å². The fourth-order valence-corrected chi connectivity index (χ4v) is 4.97. The van der Waals surface area contributed by atoms with Crippen molar-refractivity contribution < 1.29 is 4.52 Å². The van der Waals surface area contributed by atoms with E-state index in [9.17, 15) is 0 Å². The average molecular weight is 202 g/mol. The van der Waals surface area contributed by atoms with Crippen LogP contribution in [0.15, 0.2) is 12.2 Å². The first-order chi connectivity index (χ1) is 5.77. The second-order valence-electron chi connectivity index (χ2n) is 3.75. The summed E-state index contributed by atoms with van der Waals surface area (Å²) in [6, 6.07) is 0. The van der Waals surface area contributed by atoms with Crippen molar-refractivity contribution in [1.82, 2.24) is 0 Å². The summed E-state index contributed by atoms with van der Waals surface area (Å²) < 4.78 is 5.65. The molecule has 1 heterocycles. The smallest absolute Gasteiger partial charge is 0.0753 e. The number of allylic oxidation sites excluding steroid dienone is 1. The molecule has 2 fully saturated rings. The lowest BCUT2D eigenvalue weighted by atomic mass is 9.83. The summed E-state index contributed by atoms with van der Waals surface area (Å²) in [5, 5.41) is 0.777. The number of hydrogen-bond donors (Lipinski definition) is 0. The molecule has 0 aromatic carbocycles. The van der Waals surface area contributed by atoms with E-state index in [0.717, 1.165) is 11.2 Å². The van der Waals surface area contributed by atoms with Crippen LogP contribution in [0.5, 0.6) is 0 Å². The summed E-state index contributed by atoms with van der Waals surface area (Å²) in [5.74, 6) is 0.769. The van der Waals surface area contributed by atoms with Gasteiger partial charge in [0.2, 0.25) is 0 Å². The van der Waals surface area contributed by atoms with Crippen LogP contribution in [0, 0.1) is 5.92 Å². The maximum Gasteiger partial charge on any atom is 0.0753 e. The van der Waals surface area contributed by atoms with Crippen molar-refractivity contribution in [3.8, 4) is 0 Å². The van der Waals surface area contributed by atoms with Crippen molar-refractivity contribution in [1.29, 1.82) is 0 Å². The number of rotatable bonds is 1. The molecule has 0 aromatic heterocycles. The lowest BCUT2D eigenvalue weighted by molar-refractivity contribution is 0.178. The molecule has 1 aliphatic heterocycles. The van der Waals surface area contributed by atoms with E-state index in [0.29, 0.717) is 14.1 Å². The molecule has 4 atom stereocenters. The van der Waals surface area contributed by atoms with Crippen molar-refractivity contribution in [3.63, 3.8) is 0 Å². The molecule has 0 N–H and O–H groups in total. The van der Waals surface area contributed by atoms with E-state index in [2.05, 4.69) is 13.5 Å². The zero-order chi connectivity index (χ0) is 8.55. The van der Waals surface area contributed by atoms with Gasteiger partial charge in [0, 0.05) is 5.25 Å². The minimum absolute atomic E-state index is 0.573. The normalized spacial score (nSPS) is 42.9. The molecule has 4 unspecified atom stereocenters. The van der Waals surface area contributed by atoms with E-state index >= 15 is 0 Å². The van der Waals surface area contributed by atoms with Crippen molar-refractivity contribution in [2.24, 2.45) is 5.92 Å². The third-order valence-corrected chi connectivity index (χ3v) is 5.61. The molecule has 0 bridgehead atoms. The van der Waals surface area contributed by atoms with Gasteiger partial charge in [0.1, 0.15) is 0 Å². The highest BCUT2D eigenvalue weighted by Gasteiger charge is 2.35. The molecule has 0 radical (unpaired) electrons. The Morgan fingerprint density at radius 1 is 1.58 bits per heavy atom. The van der Waals surface area contributed by atoms with Gasteiger partial charge in [0.15, 0.2) is 0 Å². The lowest BCUT2D eigenvalue weighted by Crippen LogP contribution is -2.28. The van der Waals surface area contributed by atoms with Gasteiger partial charge in [-0.1, -0.05) is 12.2 Å². The molecule has 0 aromatic rings. The Hall–Kier alpha value is 0.480. The zero-order valence-corrected chi connectivity index (χ0v) is 9.19. The molecule has 1 aliphatic carbocycles. The Morgan fingerprint density at radius 3 is 3.17 bits per heavy atom. The van der Waals surface area contributed by atoms with E-state index in [1.54, 1.807) is 0 Å². The number of hydrogen-bond acceptors (Lipinski definition) is 2.